The fraction of sp³-hybridized carbons (Fsp3) is 0.688. The van der Waals surface area contributed by atoms with Crippen molar-refractivity contribution < 1.29 is 9.53 Å². The third kappa shape index (κ3) is 3.49. The van der Waals surface area contributed by atoms with Crippen molar-refractivity contribution in [3.05, 3.63) is 23.9 Å². The second-order valence-corrected chi connectivity index (χ2v) is 5.68. The molecule has 1 heterocycles. The predicted molar refractivity (Wildman–Crippen MR) is 80.3 cm³/mol. The van der Waals surface area contributed by atoms with Gasteiger partial charge in [-0.2, -0.15) is 0 Å². The molecule has 1 atom stereocenters. The minimum Gasteiger partial charge on any atom is -0.382 e. The molecule has 1 aliphatic carbocycles. The average molecular weight is 278 g/mol. The highest BCUT2D eigenvalue weighted by molar-refractivity contribution is 5.78. The molecule has 1 N–H and O–H groups in total. The van der Waals surface area contributed by atoms with Crippen LogP contribution in [0.25, 0.3) is 0 Å². The largest absolute Gasteiger partial charge is 0.382 e. The van der Waals surface area contributed by atoms with E-state index in [1.54, 1.807) is 7.11 Å². The molecular weight excluding hydrogens is 252 g/mol. The first-order valence-electron chi connectivity index (χ1n) is 7.63. The monoisotopic (exact) mass is 278 g/mol. The van der Waals surface area contributed by atoms with E-state index in [2.05, 4.69) is 22.4 Å². The van der Waals surface area contributed by atoms with Crippen molar-refractivity contribution in [2.24, 2.45) is 0 Å². The number of nitrogens with one attached hydrogen (secondary N) is 1. The van der Waals surface area contributed by atoms with Crippen LogP contribution in [-0.2, 0) is 9.53 Å². The second-order valence-electron chi connectivity index (χ2n) is 5.68. The van der Waals surface area contributed by atoms with Gasteiger partial charge < -0.3 is 10.1 Å². The molecule has 0 saturated carbocycles. The van der Waals surface area contributed by atoms with Crippen molar-refractivity contribution in [2.45, 2.75) is 44.6 Å². The summed E-state index contributed by atoms with van der Waals surface area (Å²) in [5.41, 5.74) is 0.885. The van der Waals surface area contributed by atoms with Crippen LogP contribution in [0.3, 0.4) is 0 Å². The highest BCUT2D eigenvalue weighted by Crippen LogP contribution is 2.30. The molecular formula is C16H26N2O2. The number of nitrogens with zero attached hydrogens (tertiary/aromatic N) is 1. The fourth-order valence-electron chi connectivity index (χ4n) is 3.03. The Morgan fingerprint density at radius 2 is 2.15 bits per heavy atom. The number of carbonyl (C=O) groups excluding carboxylic acids is 1. The van der Waals surface area contributed by atoms with Gasteiger partial charge in [0, 0.05) is 19.2 Å². The Bertz CT molecular complexity index is 397. The number of carbonyl (C=O) groups is 1. The SMILES string of the molecule is CCC(=O)NC1=CCC(COC)(N2CCCCC2)C=C1. The van der Waals surface area contributed by atoms with Crippen molar-refractivity contribution in [3.8, 4) is 0 Å². The quantitative estimate of drug-likeness (QED) is 0.838. The minimum absolute atomic E-state index is 0.0321. The first kappa shape index (κ1) is 15.3. The molecule has 4 heteroatoms. The number of hydrogen-bond acceptors (Lipinski definition) is 3. The first-order valence-corrected chi connectivity index (χ1v) is 7.63. The normalized spacial score (nSPS) is 27.2. The van der Waals surface area contributed by atoms with Gasteiger partial charge in [-0.15, -0.1) is 0 Å². The second kappa shape index (κ2) is 7.04. The van der Waals surface area contributed by atoms with Crippen LogP contribution in [0.5, 0.6) is 0 Å². The summed E-state index contributed by atoms with van der Waals surface area (Å²) in [6, 6.07) is 0. The molecule has 2 aliphatic rings. The van der Waals surface area contributed by atoms with Crippen molar-refractivity contribution in [3.63, 3.8) is 0 Å². The van der Waals surface area contributed by atoms with Crippen LogP contribution < -0.4 is 5.32 Å². The third-order valence-electron chi connectivity index (χ3n) is 4.23. The van der Waals surface area contributed by atoms with Gasteiger partial charge in [-0.1, -0.05) is 25.5 Å². The van der Waals surface area contributed by atoms with Crippen LogP contribution in [-0.4, -0.2) is 43.2 Å². The van der Waals surface area contributed by atoms with E-state index in [9.17, 15) is 4.79 Å². The highest BCUT2D eigenvalue weighted by atomic mass is 16.5. The molecule has 20 heavy (non-hydrogen) atoms. The summed E-state index contributed by atoms with van der Waals surface area (Å²) in [5.74, 6) is 0.0677. The lowest BCUT2D eigenvalue weighted by molar-refractivity contribution is -0.120. The maximum absolute atomic E-state index is 11.4. The number of methoxy groups -OCH3 is 1. The summed E-state index contributed by atoms with van der Waals surface area (Å²) in [6.07, 6.45) is 11.7. The lowest BCUT2D eigenvalue weighted by atomic mass is 9.87. The summed E-state index contributed by atoms with van der Waals surface area (Å²) in [5, 5.41) is 2.93. The topological polar surface area (TPSA) is 41.6 Å². The van der Waals surface area contributed by atoms with Crippen LogP contribution in [0.4, 0.5) is 0 Å². The van der Waals surface area contributed by atoms with Crippen LogP contribution in [0, 0.1) is 0 Å². The van der Waals surface area contributed by atoms with E-state index in [1.807, 2.05) is 13.0 Å². The van der Waals surface area contributed by atoms with Gasteiger partial charge in [0.2, 0.25) is 5.91 Å². The first-order chi connectivity index (χ1) is 9.70. The van der Waals surface area contributed by atoms with E-state index in [0.717, 1.165) is 25.2 Å². The standard InChI is InChI=1S/C16H26N2O2/c1-3-15(19)17-14-7-9-16(10-8-14,13-20-2)18-11-5-4-6-12-18/h7-9H,3-6,10-13H2,1-2H3,(H,17,19). The number of piperidine rings is 1. The molecule has 1 saturated heterocycles. The summed E-state index contributed by atoms with van der Waals surface area (Å²) in [4.78, 5) is 14.0. The van der Waals surface area contributed by atoms with Gasteiger partial charge in [0.15, 0.2) is 0 Å². The van der Waals surface area contributed by atoms with Crippen LogP contribution >= 0.6 is 0 Å². The number of hydrogen-bond donors (Lipinski definition) is 1. The van der Waals surface area contributed by atoms with Crippen molar-refractivity contribution >= 4 is 5.91 Å². The Kier molecular flexibility index (Phi) is 5.38. The van der Waals surface area contributed by atoms with Gasteiger partial charge >= 0.3 is 0 Å². The molecule has 1 amide bonds. The average Bonchev–Trinajstić information content (AvgIpc) is 2.50. The van der Waals surface area contributed by atoms with Gasteiger partial charge in [0.1, 0.15) is 0 Å². The van der Waals surface area contributed by atoms with Crippen LogP contribution in [0.2, 0.25) is 0 Å². The predicted octanol–water partition coefficient (Wildman–Crippen LogP) is 2.23. The van der Waals surface area contributed by atoms with Gasteiger partial charge in [-0.3, -0.25) is 9.69 Å². The van der Waals surface area contributed by atoms with Gasteiger partial charge in [0.05, 0.1) is 12.1 Å². The van der Waals surface area contributed by atoms with Crippen molar-refractivity contribution in [1.82, 2.24) is 10.2 Å². The van der Waals surface area contributed by atoms with Crippen LogP contribution in [0.15, 0.2) is 23.9 Å². The van der Waals surface area contributed by atoms with Gasteiger partial charge in [0.25, 0.3) is 0 Å². The summed E-state index contributed by atoms with van der Waals surface area (Å²) < 4.78 is 5.47. The van der Waals surface area contributed by atoms with E-state index < -0.39 is 0 Å². The molecule has 1 aliphatic heterocycles. The molecule has 0 spiro atoms. The molecule has 112 valence electrons. The lowest BCUT2D eigenvalue weighted by Gasteiger charge is -2.44. The zero-order chi connectivity index (χ0) is 14.4. The number of rotatable bonds is 5. The Morgan fingerprint density at radius 3 is 2.70 bits per heavy atom. The summed E-state index contributed by atoms with van der Waals surface area (Å²) in [6.45, 7) is 4.84. The molecule has 0 bridgehead atoms. The Labute approximate surface area is 121 Å². The van der Waals surface area contributed by atoms with E-state index in [4.69, 9.17) is 4.74 Å². The highest BCUT2D eigenvalue weighted by Gasteiger charge is 2.35. The number of ether oxygens (including phenoxy) is 1. The van der Waals surface area contributed by atoms with Crippen LogP contribution in [0.1, 0.15) is 39.0 Å². The Hall–Kier alpha value is -1.13. The van der Waals surface area contributed by atoms with Crippen molar-refractivity contribution in [1.29, 1.82) is 0 Å². The number of allylic oxidation sites excluding steroid dienone is 1. The number of likely N-dealkylation sites (tertiary alicyclic amines) is 1. The number of amides is 1. The van der Waals surface area contributed by atoms with E-state index in [-0.39, 0.29) is 11.4 Å². The smallest absolute Gasteiger partial charge is 0.224 e. The lowest BCUT2D eigenvalue weighted by Crippen LogP contribution is -2.53. The molecule has 1 unspecified atom stereocenters. The maximum atomic E-state index is 11.4. The van der Waals surface area contributed by atoms with E-state index in [1.165, 1.54) is 19.3 Å². The van der Waals surface area contributed by atoms with Crippen molar-refractivity contribution in [2.75, 3.05) is 26.8 Å². The van der Waals surface area contributed by atoms with E-state index >= 15 is 0 Å². The fourth-order valence-corrected chi connectivity index (χ4v) is 3.03. The molecule has 1 fully saturated rings. The Balaban J connectivity index is 2.05. The zero-order valence-corrected chi connectivity index (χ0v) is 12.7. The molecule has 0 radical (unpaired) electrons. The molecule has 0 aromatic heterocycles. The summed E-state index contributed by atoms with van der Waals surface area (Å²) in [7, 11) is 1.76. The van der Waals surface area contributed by atoms with Gasteiger partial charge in [-0.05, 0) is 38.4 Å². The van der Waals surface area contributed by atoms with E-state index in [0.29, 0.717) is 13.0 Å². The third-order valence-corrected chi connectivity index (χ3v) is 4.23. The molecule has 0 aromatic rings. The molecule has 0 aromatic carbocycles. The summed E-state index contributed by atoms with van der Waals surface area (Å²) >= 11 is 0. The maximum Gasteiger partial charge on any atom is 0.224 e. The molecule has 2 rings (SSSR count). The van der Waals surface area contributed by atoms with Gasteiger partial charge in [-0.25, -0.2) is 0 Å². The molecule has 4 nitrogen and oxygen atoms in total. The minimum atomic E-state index is -0.0321. The zero-order valence-electron chi connectivity index (χ0n) is 12.7. The Morgan fingerprint density at radius 1 is 1.40 bits per heavy atom.